The second kappa shape index (κ2) is 80.2. The molecule has 8 aliphatic heterocycles. The number of amides is 2. The Balaban J connectivity index is -0.000000121. The molecular formula is C52H85N4Na11O61S7. The Morgan fingerprint density at radius 3 is 0.919 bits per heavy atom. The van der Waals surface area contributed by atoms with Gasteiger partial charge >= 0.3 is 325 Å². The van der Waals surface area contributed by atoms with Gasteiger partial charge in [-0.3, -0.25) is 38.9 Å². The average molecular weight is 2220 g/mol. The van der Waals surface area contributed by atoms with Crippen molar-refractivity contribution in [3.05, 3.63) is 23.7 Å². The molecule has 6 saturated heterocycles. The molecule has 0 radical (unpaired) electrons. The molecule has 0 aromatic rings. The number of carboxylic acid groups (broad SMARTS) is 4. The molecule has 8 aliphatic rings. The van der Waals surface area contributed by atoms with Gasteiger partial charge in [0.2, 0.25) is 63.8 Å². The third-order valence-electron chi connectivity index (χ3n) is 15.9. The van der Waals surface area contributed by atoms with Gasteiger partial charge in [-0.1, -0.05) is 0 Å². The summed E-state index contributed by atoms with van der Waals surface area (Å²) in [5.41, 5.74) is 0. The fraction of sp³-hybridized carbons (Fsp3) is 0.808. The van der Waals surface area contributed by atoms with Crippen molar-refractivity contribution < 1.29 is 613 Å². The summed E-state index contributed by atoms with van der Waals surface area (Å²) >= 11 is -5.78. The molecule has 65 nitrogen and oxygen atoms in total. The standard InChI is InChI=1S/2C14H23NO13S.C6H13NO12S3.C6H13NO9S2.2C6H8O5.11Na.4H2O/c2*1-5(16)15-9-7(17)2-6(3-26-29(22,23)24)27-14(9)28-11-10(19)8(18)4-25-12(11)13(20)21;8-6-5(7-20(9)10)4(19-22(14,15)16)1-3(18-6)2-17-21(11,12)13;8-2-3-1-4(16-18(12,13)14)5(6(9)15-3)7-17(10)11;2*7-3-1-5(6(9)10)11-2-4(3)8;;;;;;;;;;;;;;;/h2*6-12,14,17-19H,2-4H2,1H3,(H,15,16)(H,20,21)(H,22,23,24);3-8H,1-2H2,(H,9,10)(H,11,12,13)(H,14,15,16);3-9H,1-2H2,(H,10,11)(H,12,13,14);2*1,3-4,7-8H,2H2,(H,9,10);;;;;;;;;;;;4*1H2/q;;;;;;11*+1;;;;/p-11/t2*6?,7-,8?,9?,10+,11-,12?,14+;2*3?,4-,5?,6?;2*3-,4?;;;;;;;;;;;;;;;/m111111.............../s1. The molecule has 0 spiro atoms. The van der Waals surface area contributed by atoms with Crippen LogP contribution in [0.15, 0.2) is 23.7 Å². The third kappa shape index (κ3) is 66.2. The Labute approximate surface area is 1020 Å². The van der Waals surface area contributed by atoms with Crippen LogP contribution in [-0.4, -0.2) is 431 Å². The van der Waals surface area contributed by atoms with Crippen LogP contribution in [0.25, 0.3) is 0 Å². The molecule has 0 aliphatic carbocycles. The first-order valence-corrected chi connectivity index (χ1v) is 41.7. The van der Waals surface area contributed by atoms with Gasteiger partial charge in [0.1, 0.15) is 122 Å². The minimum Gasteiger partial charge on any atom is -0.760 e. The van der Waals surface area contributed by atoms with E-state index < -0.39 is 339 Å². The number of nitrogens with one attached hydrogen (secondary N) is 4. The molecular weight excluding hydrogens is 2130 g/mol. The van der Waals surface area contributed by atoms with Crippen LogP contribution in [0.1, 0.15) is 39.5 Å². The first-order valence-electron chi connectivity index (χ1n) is 32.9. The summed E-state index contributed by atoms with van der Waals surface area (Å²) < 4.78 is 274. The third-order valence-corrected chi connectivity index (χ3v) is 19.1. The van der Waals surface area contributed by atoms with Crippen molar-refractivity contribution in [2.75, 3.05) is 52.9 Å². The van der Waals surface area contributed by atoms with Crippen LogP contribution >= 0.6 is 0 Å². The van der Waals surface area contributed by atoms with Crippen LogP contribution in [0.5, 0.6) is 0 Å². The van der Waals surface area contributed by atoms with E-state index in [-0.39, 0.29) is 380 Å². The number of aliphatic hydroxyl groups excluding tert-OH is 13. The van der Waals surface area contributed by atoms with Gasteiger partial charge < -0.3 is 218 Å². The summed E-state index contributed by atoms with van der Waals surface area (Å²) in [4.78, 5) is 65.6. The van der Waals surface area contributed by atoms with Crippen LogP contribution in [0, 0.1) is 0 Å². The van der Waals surface area contributed by atoms with Crippen LogP contribution < -0.4 is 366 Å². The minimum atomic E-state index is -5.26. The van der Waals surface area contributed by atoms with Crippen molar-refractivity contribution >= 4 is 110 Å². The van der Waals surface area contributed by atoms with E-state index in [4.69, 9.17) is 63.4 Å². The second-order valence-corrected chi connectivity index (χ2v) is 31.6. The number of hydrogen-bond acceptors (Lipinski definition) is 57. The van der Waals surface area contributed by atoms with E-state index in [1.165, 1.54) is 0 Å². The first-order chi connectivity index (χ1) is 55.1. The zero-order chi connectivity index (χ0) is 91.8. The molecule has 2 amide bonds. The van der Waals surface area contributed by atoms with Crippen molar-refractivity contribution in [3.8, 4) is 0 Å². The SMILES string of the molecule is CC(=O)NC1[C@H](O[C@H]2C(C(=O)[O-])OCC(O)[C@@H]2O)OC(COS(=O)(=O)[O-])C[C@H]1O.CC(=O)NC1[C@H](O[C@H]2C(C(=O)[O-])OCC(O)[C@@H]2O)OC(COS(=O)(=O)[O-])C[C@H]1O.O.O.O.O.O=C([O-])C1=C[C@@H](O)C(O)CO1.O=C([O-])C1=C[C@@H](O)C(O)CO1.O=S([O-])NC1C(O)OC(CO)C[C@H]1OS(=O)(=O)[O-].O=S([O-])NC1C(O)OC(COS(=O)(=O)[O-])C[C@H]1OS(=O)(=O)[O-].[Na+].[Na+].[Na+].[Na+].[Na+].[Na+].[Na+].[Na+].[Na+].[Na+].[Na+]. The van der Waals surface area contributed by atoms with Crippen molar-refractivity contribution in [2.45, 2.75) is 211 Å². The van der Waals surface area contributed by atoms with Crippen LogP contribution in [-0.2, 0) is 172 Å². The zero-order valence-corrected chi connectivity index (χ0v) is 101. The van der Waals surface area contributed by atoms with E-state index >= 15 is 0 Å². The number of hydrogen-bond donors (Lipinski definition) is 17. The average Bonchev–Trinajstić information content (AvgIpc) is 0.798. The Morgan fingerprint density at radius 2 is 0.681 bits per heavy atom. The first kappa shape index (κ1) is 168. The summed E-state index contributed by atoms with van der Waals surface area (Å²) in [6.45, 7) is -2.25. The predicted octanol–water partition coefficient (Wildman–Crippen LogP) is -59.3. The summed E-state index contributed by atoms with van der Waals surface area (Å²) in [6, 6.07) is -5.64. The Bertz CT molecular complexity index is 3950. The summed E-state index contributed by atoms with van der Waals surface area (Å²) in [5, 5.41) is 171. The molecule has 0 saturated carbocycles. The Kier molecular flexibility index (Phi) is 99.9. The molecule has 0 aromatic carbocycles. The maximum Gasteiger partial charge on any atom is 1.00 e. The van der Waals surface area contributed by atoms with E-state index in [1.807, 2.05) is 0 Å². The fourth-order valence-electron chi connectivity index (χ4n) is 10.7. The summed E-state index contributed by atoms with van der Waals surface area (Å²) in [7, 11) is -25.5. The molecule has 83 heteroatoms. The Hall–Kier alpha value is 5.39. The predicted molar refractivity (Wildman–Crippen MR) is 359 cm³/mol. The molecule has 8 heterocycles. The zero-order valence-electron chi connectivity index (χ0n) is 73.4. The van der Waals surface area contributed by atoms with Crippen molar-refractivity contribution in [3.63, 3.8) is 0 Å². The molecule has 8 rings (SSSR count). The molecule has 0 bridgehead atoms. The van der Waals surface area contributed by atoms with Crippen LogP contribution in [0.3, 0.4) is 0 Å². The minimum absolute atomic E-state index is 0. The number of carboxylic acids is 4. The van der Waals surface area contributed by atoms with Crippen LogP contribution in [0.2, 0.25) is 0 Å². The number of carbonyl (C=O) groups excluding carboxylic acids is 6. The Morgan fingerprint density at radius 1 is 0.407 bits per heavy atom. The van der Waals surface area contributed by atoms with E-state index in [1.54, 1.807) is 9.44 Å². The summed E-state index contributed by atoms with van der Waals surface area (Å²) in [6.07, 6.45) is -35.2. The molecule has 135 heavy (non-hydrogen) atoms. The smallest absolute Gasteiger partial charge is 0.760 e. The largest absolute Gasteiger partial charge is 1.00 e. The van der Waals surface area contributed by atoms with Gasteiger partial charge in [-0.2, -0.15) is 0 Å². The van der Waals surface area contributed by atoms with E-state index in [0.29, 0.717) is 0 Å². The monoisotopic (exact) mass is 2220 g/mol. The topological polar surface area (TPSA) is 1140 Å². The number of aliphatic hydroxyl groups is 13. The van der Waals surface area contributed by atoms with Gasteiger partial charge in [-0.25, -0.2) is 51.5 Å². The van der Waals surface area contributed by atoms with E-state index in [0.717, 1.165) is 26.0 Å². The van der Waals surface area contributed by atoms with E-state index in [9.17, 15) is 172 Å². The van der Waals surface area contributed by atoms with Gasteiger partial charge in [0, 0.05) is 62.1 Å². The van der Waals surface area contributed by atoms with Crippen molar-refractivity contribution in [1.82, 2.24) is 20.1 Å². The van der Waals surface area contributed by atoms with Crippen molar-refractivity contribution in [2.24, 2.45) is 0 Å². The number of aliphatic carboxylic acids is 4. The van der Waals surface area contributed by atoms with Crippen molar-refractivity contribution in [1.29, 1.82) is 0 Å². The van der Waals surface area contributed by atoms with Gasteiger partial charge in [0.15, 0.2) is 25.2 Å². The maximum atomic E-state index is 11.4. The molecule has 18 unspecified atom stereocenters. The molecule has 0 aromatic heterocycles. The number of rotatable bonds is 28. The van der Waals surface area contributed by atoms with Gasteiger partial charge in [0.05, 0.1) is 112 Å². The second-order valence-electron chi connectivity index (χ2n) is 25.0. The molecule has 732 valence electrons. The molecule has 6 fully saturated rings. The molecule has 25 N–H and O–H groups in total. The fourth-order valence-corrected chi connectivity index (χ4v) is 13.6. The quantitative estimate of drug-likeness (QED) is 0.0150. The number of carbonyl (C=O) groups is 6. The molecule has 30 atom stereocenters. The number of ether oxygens (including phenoxy) is 10. The van der Waals surface area contributed by atoms with E-state index in [2.05, 4.69) is 41.0 Å². The maximum absolute atomic E-state index is 11.4. The normalized spacial score (nSPS) is 31.4. The van der Waals surface area contributed by atoms with Crippen LogP contribution in [0.4, 0.5) is 0 Å². The van der Waals surface area contributed by atoms with Gasteiger partial charge in [-0.15, -0.1) is 0 Å². The summed E-state index contributed by atoms with van der Waals surface area (Å²) in [5.74, 6) is -8.58. The van der Waals surface area contributed by atoms with Gasteiger partial charge in [0.25, 0.3) is 0 Å². The van der Waals surface area contributed by atoms with Gasteiger partial charge in [-0.05, 0) is 12.2 Å².